The third-order valence-corrected chi connectivity index (χ3v) is 3.38. The van der Waals surface area contributed by atoms with Gasteiger partial charge in [0.15, 0.2) is 0 Å². The van der Waals surface area contributed by atoms with Gasteiger partial charge in [-0.2, -0.15) is 10.4 Å². The van der Waals surface area contributed by atoms with Crippen LogP contribution >= 0.6 is 15.9 Å². The van der Waals surface area contributed by atoms with E-state index in [-0.39, 0.29) is 0 Å². The second kappa shape index (κ2) is 6.39. The molecular weight excluding hydrogens is 304 g/mol. The number of hydrogen-bond donors (Lipinski definition) is 1. The number of benzene rings is 1. The van der Waals surface area contributed by atoms with Crippen LogP contribution in [0.3, 0.4) is 0 Å². The number of aryl methyl sites for hydroxylation is 1. The normalized spacial score (nSPS) is 10.2. The lowest BCUT2D eigenvalue weighted by atomic mass is 10.2. The molecule has 1 aromatic heterocycles. The fraction of sp³-hybridized carbons (Fsp3) is 0.286. The van der Waals surface area contributed by atoms with Crippen molar-refractivity contribution in [2.24, 2.45) is 0 Å². The van der Waals surface area contributed by atoms with Crippen molar-refractivity contribution in [2.75, 3.05) is 5.32 Å². The third-order valence-electron chi connectivity index (χ3n) is 2.72. The van der Waals surface area contributed by atoms with Crippen LogP contribution in [0.1, 0.15) is 24.5 Å². The predicted octanol–water partition coefficient (Wildman–Crippen LogP) is 3.54. The largest absolute Gasteiger partial charge is 0.380 e. The smallest absolute Gasteiger partial charge is 0.0992 e. The Labute approximate surface area is 121 Å². The van der Waals surface area contributed by atoms with Crippen molar-refractivity contribution in [1.82, 2.24) is 9.78 Å². The molecular formula is C14H15BrN4. The summed E-state index contributed by atoms with van der Waals surface area (Å²) >= 11 is 3.46. The third kappa shape index (κ3) is 3.58. The van der Waals surface area contributed by atoms with Crippen LogP contribution in [-0.2, 0) is 13.1 Å². The summed E-state index contributed by atoms with van der Waals surface area (Å²) < 4.78 is 2.85. The Kier molecular flexibility index (Phi) is 4.58. The zero-order valence-corrected chi connectivity index (χ0v) is 12.3. The first-order valence-corrected chi connectivity index (χ1v) is 6.97. The number of nitrogens with zero attached hydrogens (tertiary/aromatic N) is 3. The molecule has 2 rings (SSSR count). The van der Waals surface area contributed by atoms with Crippen LogP contribution < -0.4 is 5.32 Å². The van der Waals surface area contributed by atoms with Gasteiger partial charge >= 0.3 is 0 Å². The van der Waals surface area contributed by atoms with E-state index >= 15 is 0 Å². The SMILES string of the molecule is CCCn1cc(CNc2ccc(C#N)cc2Br)cn1. The fourth-order valence-electron chi connectivity index (χ4n) is 1.77. The van der Waals surface area contributed by atoms with Crippen molar-refractivity contribution in [3.63, 3.8) is 0 Å². The van der Waals surface area contributed by atoms with Gasteiger partial charge in [-0.25, -0.2) is 0 Å². The summed E-state index contributed by atoms with van der Waals surface area (Å²) in [4.78, 5) is 0. The molecule has 0 saturated carbocycles. The first-order valence-electron chi connectivity index (χ1n) is 6.17. The van der Waals surface area contributed by atoms with Crippen molar-refractivity contribution in [1.29, 1.82) is 5.26 Å². The van der Waals surface area contributed by atoms with Gasteiger partial charge in [-0.15, -0.1) is 0 Å². The van der Waals surface area contributed by atoms with Gasteiger partial charge in [0, 0.05) is 35.0 Å². The number of aromatic nitrogens is 2. The Balaban J connectivity index is 2.00. The monoisotopic (exact) mass is 318 g/mol. The molecule has 19 heavy (non-hydrogen) atoms. The lowest BCUT2D eigenvalue weighted by Crippen LogP contribution is -2.00. The highest BCUT2D eigenvalue weighted by atomic mass is 79.9. The predicted molar refractivity (Wildman–Crippen MR) is 78.7 cm³/mol. The lowest BCUT2D eigenvalue weighted by Gasteiger charge is -2.07. The van der Waals surface area contributed by atoms with Gasteiger partial charge in [0.25, 0.3) is 0 Å². The average Bonchev–Trinajstić information content (AvgIpc) is 2.85. The van der Waals surface area contributed by atoms with Crippen molar-refractivity contribution in [3.8, 4) is 6.07 Å². The molecule has 5 heteroatoms. The molecule has 0 spiro atoms. The van der Waals surface area contributed by atoms with E-state index in [0.29, 0.717) is 12.1 Å². The van der Waals surface area contributed by atoms with Gasteiger partial charge in [-0.3, -0.25) is 4.68 Å². The zero-order valence-electron chi connectivity index (χ0n) is 10.7. The molecule has 0 unspecified atom stereocenters. The number of nitrogens with one attached hydrogen (secondary N) is 1. The summed E-state index contributed by atoms with van der Waals surface area (Å²) in [6.07, 6.45) is 5.00. The summed E-state index contributed by atoms with van der Waals surface area (Å²) in [5.74, 6) is 0. The molecule has 1 aromatic carbocycles. The van der Waals surface area contributed by atoms with Crippen LogP contribution in [0.15, 0.2) is 35.1 Å². The van der Waals surface area contributed by atoms with Crippen molar-refractivity contribution >= 4 is 21.6 Å². The van der Waals surface area contributed by atoms with Crippen molar-refractivity contribution in [2.45, 2.75) is 26.4 Å². The van der Waals surface area contributed by atoms with Crippen LogP contribution in [-0.4, -0.2) is 9.78 Å². The van der Waals surface area contributed by atoms with E-state index in [0.717, 1.165) is 28.7 Å². The van der Waals surface area contributed by atoms with Gasteiger partial charge < -0.3 is 5.32 Å². The van der Waals surface area contributed by atoms with E-state index in [2.05, 4.69) is 39.3 Å². The molecule has 2 aromatic rings. The highest BCUT2D eigenvalue weighted by Gasteiger charge is 2.02. The molecule has 0 aliphatic heterocycles. The van der Waals surface area contributed by atoms with Gasteiger partial charge in [-0.05, 0) is 40.5 Å². The number of halogens is 1. The summed E-state index contributed by atoms with van der Waals surface area (Å²) in [6, 6.07) is 7.62. The molecule has 1 heterocycles. The molecule has 1 N–H and O–H groups in total. The Morgan fingerprint density at radius 1 is 1.47 bits per heavy atom. The van der Waals surface area contributed by atoms with Crippen molar-refractivity contribution in [3.05, 3.63) is 46.2 Å². The second-order valence-electron chi connectivity index (χ2n) is 4.27. The maximum atomic E-state index is 8.81. The van der Waals surface area contributed by atoms with Gasteiger partial charge in [-0.1, -0.05) is 6.92 Å². The molecule has 0 amide bonds. The Hall–Kier alpha value is -1.80. The van der Waals surface area contributed by atoms with E-state index in [1.165, 1.54) is 0 Å². The summed E-state index contributed by atoms with van der Waals surface area (Å²) in [5.41, 5.74) is 2.76. The maximum absolute atomic E-state index is 8.81. The molecule has 0 fully saturated rings. The topological polar surface area (TPSA) is 53.6 Å². The maximum Gasteiger partial charge on any atom is 0.0992 e. The standard InChI is InChI=1S/C14H15BrN4/c1-2-5-19-10-12(9-18-19)8-17-14-4-3-11(7-16)6-13(14)15/h3-4,6,9-10,17H,2,5,8H2,1H3. The summed E-state index contributed by atoms with van der Waals surface area (Å²) in [6.45, 7) is 3.79. The van der Waals surface area contributed by atoms with Crippen LogP contribution in [0.25, 0.3) is 0 Å². The second-order valence-corrected chi connectivity index (χ2v) is 5.13. The lowest BCUT2D eigenvalue weighted by molar-refractivity contribution is 0.602. The van der Waals surface area contributed by atoms with Crippen molar-refractivity contribution < 1.29 is 0 Å². The summed E-state index contributed by atoms with van der Waals surface area (Å²) in [7, 11) is 0. The first kappa shape index (κ1) is 13.6. The molecule has 0 saturated heterocycles. The number of nitriles is 1. The quantitative estimate of drug-likeness (QED) is 0.917. The van der Waals surface area contributed by atoms with E-state index < -0.39 is 0 Å². The Morgan fingerprint density at radius 3 is 3.00 bits per heavy atom. The van der Waals surface area contributed by atoms with Crippen LogP contribution in [0.5, 0.6) is 0 Å². The molecule has 4 nitrogen and oxygen atoms in total. The Bertz CT molecular complexity index is 598. The molecule has 0 bridgehead atoms. The van der Waals surface area contributed by atoms with E-state index in [9.17, 15) is 0 Å². The number of rotatable bonds is 5. The fourth-order valence-corrected chi connectivity index (χ4v) is 2.29. The van der Waals surface area contributed by atoms with Gasteiger partial charge in [0.1, 0.15) is 0 Å². The average molecular weight is 319 g/mol. The minimum atomic E-state index is 0.646. The van der Waals surface area contributed by atoms with E-state index in [1.54, 1.807) is 6.07 Å². The van der Waals surface area contributed by atoms with Crippen LogP contribution in [0, 0.1) is 11.3 Å². The number of hydrogen-bond acceptors (Lipinski definition) is 3. The minimum absolute atomic E-state index is 0.646. The van der Waals surface area contributed by atoms with E-state index in [4.69, 9.17) is 5.26 Å². The van der Waals surface area contributed by atoms with Crippen LogP contribution in [0.4, 0.5) is 5.69 Å². The van der Waals surface area contributed by atoms with Gasteiger partial charge in [0.05, 0.1) is 17.8 Å². The van der Waals surface area contributed by atoms with Gasteiger partial charge in [0.2, 0.25) is 0 Å². The Morgan fingerprint density at radius 2 is 2.32 bits per heavy atom. The van der Waals surface area contributed by atoms with E-state index in [1.807, 2.05) is 29.2 Å². The minimum Gasteiger partial charge on any atom is -0.380 e. The molecule has 98 valence electrons. The highest BCUT2D eigenvalue weighted by molar-refractivity contribution is 9.10. The highest BCUT2D eigenvalue weighted by Crippen LogP contribution is 2.23. The molecule has 0 aliphatic carbocycles. The molecule has 0 aliphatic rings. The summed E-state index contributed by atoms with van der Waals surface area (Å²) in [5, 5.41) is 16.4. The zero-order chi connectivity index (χ0) is 13.7. The molecule has 0 atom stereocenters. The molecule has 0 radical (unpaired) electrons. The number of anilines is 1. The van der Waals surface area contributed by atoms with Crippen LogP contribution in [0.2, 0.25) is 0 Å². The first-order chi connectivity index (χ1) is 9.22.